The normalized spacial score (nSPS) is 20.4. The van der Waals surface area contributed by atoms with Gasteiger partial charge in [-0.3, -0.25) is 9.69 Å². The Morgan fingerprint density at radius 3 is 3.11 bits per heavy atom. The van der Waals surface area contributed by atoms with Crippen LogP contribution in [0.25, 0.3) is 0 Å². The van der Waals surface area contributed by atoms with Crippen LogP contribution in [0.5, 0.6) is 0 Å². The molecule has 1 saturated heterocycles. The van der Waals surface area contributed by atoms with Crippen molar-refractivity contribution in [2.75, 3.05) is 26.2 Å². The van der Waals surface area contributed by atoms with Gasteiger partial charge in [0.05, 0.1) is 9.70 Å². The first-order valence-electron chi connectivity index (χ1n) is 6.63. The molecule has 4 nitrogen and oxygen atoms in total. The molecule has 6 heteroatoms. The van der Waals surface area contributed by atoms with Crippen molar-refractivity contribution in [2.45, 2.75) is 19.4 Å². The zero-order valence-corrected chi connectivity index (χ0v) is 13.3. The molecule has 1 aromatic rings. The van der Waals surface area contributed by atoms with Crippen molar-refractivity contribution in [1.82, 2.24) is 10.2 Å². The summed E-state index contributed by atoms with van der Waals surface area (Å²) in [6, 6.07) is 4.22. The van der Waals surface area contributed by atoms with Gasteiger partial charge in [-0.2, -0.15) is 0 Å². The van der Waals surface area contributed by atoms with Crippen molar-refractivity contribution >= 4 is 33.2 Å². The Morgan fingerprint density at radius 1 is 1.58 bits per heavy atom. The molecule has 0 aliphatic carbocycles. The van der Waals surface area contributed by atoms with Crippen molar-refractivity contribution in [3.63, 3.8) is 0 Å². The number of nitrogens with one attached hydrogen (secondary N) is 1. The van der Waals surface area contributed by atoms with Gasteiger partial charge in [0.25, 0.3) is 0 Å². The largest absolute Gasteiger partial charge is 0.355 e. The van der Waals surface area contributed by atoms with Crippen LogP contribution in [-0.2, 0) is 11.3 Å². The van der Waals surface area contributed by atoms with Crippen LogP contribution in [0.15, 0.2) is 15.9 Å². The number of halogens is 1. The molecule has 1 aromatic heterocycles. The molecule has 106 valence electrons. The van der Waals surface area contributed by atoms with Crippen molar-refractivity contribution in [1.29, 1.82) is 0 Å². The average Bonchev–Trinajstić information content (AvgIpc) is 2.81. The number of rotatable bonds is 5. The first-order chi connectivity index (χ1) is 9.19. The Kier molecular flexibility index (Phi) is 5.81. The molecule has 2 rings (SSSR count). The fraction of sp³-hybridized carbons (Fsp3) is 0.615. The molecule has 19 heavy (non-hydrogen) atoms. The molecule has 1 aliphatic rings. The molecular formula is C13H20BrN3OS. The maximum atomic E-state index is 12.0. The van der Waals surface area contributed by atoms with E-state index in [0.29, 0.717) is 13.1 Å². The van der Waals surface area contributed by atoms with E-state index in [2.05, 4.69) is 38.3 Å². The Balaban J connectivity index is 1.84. The summed E-state index contributed by atoms with van der Waals surface area (Å²) in [7, 11) is 0. The van der Waals surface area contributed by atoms with Crippen molar-refractivity contribution in [3.05, 3.63) is 20.8 Å². The highest BCUT2D eigenvalue weighted by molar-refractivity contribution is 9.11. The lowest BCUT2D eigenvalue weighted by Gasteiger charge is -2.31. The van der Waals surface area contributed by atoms with E-state index in [1.807, 2.05) is 0 Å². The van der Waals surface area contributed by atoms with E-state index in [9.17, 15) is 4.79 Å². The van der Waals surface area contributed by atoms with Gasteiger partial charge in [-0.25, -0.2) is 0 Å². The van der Waals surface area contributed by atoms with E-state index in [4.69, 9.17) is 5.73 Å². The first-order valence-corrected chi connectivity index (χ1v) is 8.24. The van der Waals surface area contributed by atoms with Gasteiger partial charge in [0.15, 0.2) is 0 Å². The zero-order chi connectivity index (χ0) is 13.7. The molecule has 1 aliphatic heterocycles. The molecular weight excluding hydrogens is 326 g/mol. The Bertz CT molecular complexity index is 424. The number of amides is 1. The maximum Gasteiger partial charge on any atom is 0.224 e. The van der Waals surface area contributed by atoms with Crippen LogP contribution >= 0.6 is 27.3 Å². The highest BCUT2D eigenvalue weighted by Crippen LogP contribution is 2.25. The van der Waals surface area contributed by atoms with Crippen molar-refractivity contribution < 1.29 is 4.79 Å². The van der Waals surface area contributed by atoms with Crippen LogP contribution in [0.1, 0.15) is 17.7 Å². The molecule has 1 amide bonds. The SMILES string of the molecule is NCCNC(=O)C1CCCN(Cc2ccc(Br)s2)C1. The maximum absolute atomic E-state index is 12.0. The van der Waals surface area contributed by atoms with Crippen molar-refractivity contribution in [3.8, 4) is 0 Å². The highest BCUT2D eigenvalue weighted by Gasteiger charge is 2.25. The number of hydrogen-bond donors (Lipinski definition) is 2. The number of nitrogens with two attached hydrogens (primary N) is 1. The molecule has 1 fully saturated rings. The van der Waals surface area contributed by atoms with Crippen LogP contribution in [0.4, 0.5) is 0 Å². The summed E-state index contributed by atoms with van der Waals surface area (Å²) in [5, 5.41) is 2.90. The monoisotopic (exact) mass is 345 g/mol. The number of carbonyl (C=O) groups is 1. The smallest absolute Gasteiger partial charge is 0.224 e. The summed E-state index contributed by atoms with van der Waals surface area (Å²) in [5.41, 5.74) is 5.41. The number of hydrogen-bond acceptors (Lipinski definition) is 4. The van der Waals surface area contributed by atoms with Crippen LogP contribution < -0.4 is 11.1 Å². The summed E-state index contributed by atoms with van der Waals surface area (Å²) in [6.07, 6.45) is 2.08. The Morgan fingerprint density at radius 2 is 2.42 bits per heavy atom. The number of thiophene rings is 1. The van der Waals surface area contributed by atoms with Crippen LogP contribution in [-0.4, -0.2) is 37.0 Å². The fourth-order valence-electron chi connectivity index (χ4n) is 2.41. The third-order valence-corrected chi connectivity index (χ3v) is 4.94. The summed E-state index contributed by atoms with van der Waals surface area (Å²) in [6.45, 7) is 3.96. The van der Waals surface area contributed by atoms with E-state index in [1.54, 1.807) is 11.3 Å². The van der Waals surface area contributed by atoms with Crippen LogP contribution in [0, 0.1) is 5.92 Å². The van der Waals surface area contributed by atoms with Gasteiger partial charge in [0.2, 0.25) is 5.91 Å². The second-order valence-electron chi connectivity index (χ2n) is 4.86. The predicted molar refractivity (Wildman–Crippen MR) is 82.1 cm³/mol. The molecule has 3 N–H and O–H groups in total. The Labute approximate surface area is 126 Å². The molecule has 0 saturated carbocycles. The minimum absolute atomic E-state index is 0.115. The lowest BCUT2D eigenvalue weighted by molar-refractivity contribution is -0.126. The standard InChI is InChI=1S/C13H20BrN3OS/c14-12-4-3-11(19-12)9-17-7-1-2-10(8-17)13(18)16-6-5-15/h3-4,10H,1-2,5-9,15H2,(H,16,18). The molecule has 1 unspecified atom stereocenters. The van der Waals surface area contributed by atoms with Crippen LogP contribution in [0.3, 0.4) is 0 Å². The molecule has 2 heterocycles. The third-order valence-electron chi connectivity index (χ3n) is 3.33. The fourth-order valence-corrected chi connectivity index (χ4v) is 3.94. The molecule has 0 bridgehead atoms. The number of piperidine rings is 1. The van der Waals surface area contributed by atoms with Gasteiger partial charge in [-0.1, -0.05) is 0 Å². The van der Waals surface area contributed by atoms with Gasteiger partial charge >= 0.3 is 0 Å². The number of carbonyl (C=O) groups excluding carboxylic acids is 1. The number of nitrogens with zero attached hydrogens (tertiary/aromatic N) is 1. The van der Waals surface area contributed by atoms with Gasteiger partial charge in [-0.15, -0.1) is 11.3 Å². The van der Waals surface area contributed by atoms with Gasteiger partial charge in [-0.05, 0) is 47.4 Å². The second kappa shape index (κ2) is 7.38. The van der Waals surface area contributed by atoms with E-state index < -0.39 is 0 Å². The lowest BCUT2D eigenvalue weighted by Crippen LogP contribution is -2.43. The Hall–Kier alpha value is -0.430. The highest BCUT2D eigenvalue weighted by atomic mass is 79.9. The average molecular weight is 346 g/mol. The van der Waals surface area contributed by atoms with E-state index in [1.165, 1.54) is 4.88 Å². The summed E-state index contributed by atoms with van der Waals surface area (Å²) < 4.78 is 1.16. The minimum atomic E-state index is 0.115. The topological polar surface area (TPSA) is 58.4 Å². The predicted octanol–water partition coefficient (Wildman–Crippen LogP) is 1.80. The van der Waals surface area contributed by atoms with Crippen LogP contribution in [0.2, 0.25) is 0 Å². The quantitative estimate of drug-likeness (QED) is 0.855. The van der Waals surface area contributed by atoms with E-state index >= 15 is 0 Å². The summed E-state index contributed by atoms with van der Waals surface area (Å²) in [4.78, 5) is 15.7. The molecule has 1 atom stereocenters. The van der Waals surface area contributed by atoms with Gasteiger partial charge in [0, 0.05) is 31.1 Å². The summed E-state index contributed by atoms with van der Waals surface area (Å²) >= 11 is 5.25. The summed E-state index contributed by atoms with van der Waals surface area (Å²) in [5.74, 6) is 0.270. The minimum Gasteiger partial charge on any atom is -0.355 e. The van der Waals surface area contributed by atoms with Gasteiger partial charge in [0.1, 0.15) is 0 Å². The van der Waals surface area contributed by atoms with E-state index in [0.717, 1.165) is 36.3 Å². The number of likely N-dealkylation sites (tertiary alicyclic amines) is 1. The molecule has 0 radical (unpaired) electrons. The molecule has 0 spiro atoms. The second-order valence-corrected chi connectivity index (χ2v) is 7.41. The molecule has 0 aromatic carbocycles. The first kappa shape index (κ1) is 15.0. The zero-order valence-electron chi connectivity index (χ0n) is 10.9. The third kappa shape index (κ3) is 4.56. The lowest BCUT2D eigenvalue weighted by atomic mass is 9.97. The van der Waals surface area contributed by atoms with Gasteiger partial charge < -0.3 is 11.1 Å². The van der Waals surface area contributed by atoms with E-state index in [-0.39, 0.29) is 11.8 Å². The van der Waals surface area contributed by atoms with Crippen molar-refractivity contribution in [2.24, 2.45) is 11.7 Å².